The molecule has 1 aromatic carbocycles. The second kappa shape index (κ2) is 5.99. The highest BCUT2D eigenvalue weighted by atomic mass is 19.4. The third-order valence-electron chi connectivity index (χ3n) is 2.87. The molecule has 1 aromatic heterocycles. The molecule has 0 aliphatic heterocycles. The summed E-state index contributed by atoms with van der Waals surface area (Å²) < 4.78 is 40.4. The lowest BCUT2D eigenvalue weighted by atomic mass is 10.2. The second-order valence-electron chi connectivity index (χ2n) is 4.41. The van der Waals surface area contributed by atoms with E-state index >= 15 is 0 Å². The molecule has 0 radical (unpaired) electrons. The summed E-state index contributed by atoms with van der Waals surface area (Å²) in [6, 6.07) is 8.65. The molecular weight excluding hydrogens is 283 g/mol. The zero-order chi connectivity index (χ0) is 15.5. The summed E-state index contributed by atoms with van der Waals surface area (Å²) in [5.41, 5.74) is -0.814. The Morgan fingerprint density at radius 2 is 1.95 bits per heavy atom. The molecule has 2 aromatic rings. The number of rotatable bonds is 4. The SMILES string of the molecule is CCNC(=O)c1cnn(Cc2ccccc2)c1C(F)(F)F. The Bertz CT molecular complexity index is 620. The Balaban J connectivity index is 2.40. The monoisotopic (exact) mass is 297 g/mol. The lowest BCUT2D eigenvalue weighted by molar-refractivity contribution is -0.144. The van der Waals surface area contributed by atoms with Gasteiger partial charge in [-0.25, -0.2) is 0 Å². The molecule has 1 N–H and O–H groups in total. The largest absolute Gasteiger partial charge is 0.433 e. The van der Waals surface area contributed by atoms with Crippen LogP contribution in [-0.4, -0.2) is 22.2 Å². The number of halogens is 3. The Morgan fingerprint density at radius 1 is 1.29 bits per heavy atom. The van der Waals surface area contributed by atoms with Crippen LogP contribution in [0.4, 0.5) is 13.2 Å². The van der Waals surface area contributed by atoms with Crippen LogP contribution in [-0.2, 0) is 12.7 Å². The summed E-state index contributed by atoms with van der Waals surface area (Å²) in [6.45, 7) is 1.84. The van der Waals surface area contributed by atoms with Gasteiger partial charge >= 0.3 is 6.18 Å². The summed E-state index contributed by atoms with van der Waals surface area (Å²) in [5.74, 6) is -0.774. The van der Waals surface area contributed by atoms with Crippen molar-refractivity contribution in [1.29, 1.82) is 0 Å². The number of carbonyl (C=O) groups excluding carboxylic acids is 1. The molecule has 1 heterocycles. The van der Waals surface area contributed by atoms with E-state index in [2.05, 4.69) is 10.4 Å². The zero-order valence-corrected chi connectivity index (χ0v) is 11.3. The average molecular weight is 297 g/mol. The first kappa shape index (κ1) is 15.1. The minimum atomic E-state index is -4.65. The van der Waals surface area contributed by atoms with E-state index in [1.807, 2.05) is 0 Å². The van der Waals surface area contributed by atoms with E-state index in [0.29, 0.717) is 5.56 Å². The normalized spacial score (nSPS) is 11.4. The first-order valence-corrected chi connectivity index (χ1v) is 6.38. The standard InChI is InChI=1S/C14H14F3N3O/c1-2-18-13(21)11-8-19-20(12(11)14(15,16)17)9-10-6-4-3-5-7-10/h3-8H,2,9H2,1H3,(H,18,21). The van der Waals surface area contributed by atoms with Crippen molar-refractivity contribution in [3.8, 4) is 0 Å². The Morgan fingerprint density at radius 3 is 2.52 bits per heavy atom. The lowest BCUT2D eigenvalue weighted by Crippen LogP contribution is -2.26. The van der Waals surface area contributed by atoms with E-state index in [1.54, 1.807) is 37.3 Å². The lowest BCUT2D eigenvalue weighted by Gasteiger charge is -2.12. The maximum absolute atomic E-state index is 13.2. The van der Waals surface area contributed by atoms with Crippen molar-refractivity contribution < 1.29 is 18.0 Å². The highest BCUT2D eigenvalue weighted by molar-refractivity contribution is 5.95. The molecule has 112 valence electrons. The van der Waals surface area contributed by atoms with Gasteiger partial charge < -0.3 is 5.32 Å². The molecular formula is C14H14F3N3O. The number of hydrogen-bond acceptors (Lipinski definition) is 2. The smallest absolute Gasteiger partial charge is 0.352 e. The maximum atomic E-state index is 13.2. The van der Waals surface area contributed by atoms with E-state index in [4.69, 9.17) is 0 Å². The molecule has 2 rings (SSSR count). The van der Waals surface area contributed by atoms with Gasteiger partial charge in [0.05, 0.1) is 18.3 Å². The van der Waals surface area contributed by atoms with Crippen molar-refractivity contribution in [2.75, 3.05) is 6.54 Å². The van der Waals surface area contributed by atoms with Crippen molar-refractivity contribution in [3.63, 3.8) is 0 Å². The number of amides is 1. The van der Waals surface area contributed by atoms with Crippen LogP contribution in [0.25, 0.3) is 0 Å². The van der Waals surface area contributed by atoms with Gasteiger partial charge in [0.1, 0.15) is 0 Å². The second-order valence-corrected chi connectivity index (χ2v) is 4.41. The fourth-order valence-electron chi connectivity index (χ4n) is 1.98. The van der Waals surface area contributed by atoms with E-state index in [0.717, 1.165) is 10.9 Å². The van der Waals surface area contributed by atoms with Crippen LogP contribution in [0, 0.1) is 0 Å². The van der Waals surface area contributed by atoms with Crippen LogP contribution < -0.4 is 5.32 Å². The van der Waals surface area contributed by atoms with Crippen molar-refractivity contribution in [2.45, 2.75) is 19.6 Å². The molecule has 7 heteroatoms. The third kappa shape index (κ3) is 3.42. The van der Waals surface area contributed by atoms with Gasteiger partial charge in [0.25, 0.3) is 5.91 Å². The Hall–Kier alpha value is -2.31. The van der Waals surface area contributed by atoms with Crippen LogP contribution >= 0.6 is 0 Å². The summed E-state index contributed by atoms with van der Waals surface area (Å²) in [6.07, 6.45) is -3.69. The van der Waals surface area contributed by atoms with Crippen molar-refractivity contribution in [2.24, 2.45) is 0 Å². The molecule has 0 bridgehead atoms. The Labute approximate surface area is 119 Å². The minimum Gasteiger partial charge on any atom is -0.352 e. The first-order valence-electron chi connectivity index (χ1n) is 6.38. The molecule has 0 aliphatic rings. The van der Waals surface area contributed by atoms with Crippen LogP contribution in [0.2, 0.25) is 0 Å². The number of nitrogens with zero attached hydrogens (tertiary/aromatic N) is 2. The van der Waals surface area contributed by atoms with Gasteiger partial charge in [-0.3, -0.25) is 9.48 Å². The summed E-state index contributed by atoms with van der Waals surface area (Å²) >= 11 is 0. The highest BCUT2D eigenvalue weighted by Crippen LogP contribution is 2.32. The van der Waals surface area contributed by atoms with Gasteiger partial charge in [-0.15, -0.1) is 0 Å². The van der Waals surface area contributed by atoms with Gasteiger partial charge in [0.2, 0.25) is 0 Å². The van der Waals surface area contributed by atoms with Crippen molar-refractivity contribution in [3.05, 3.63) is 53.3 Å². The predicted molar refractivity (Wildman–Crippen MR) is 70.8 cm³/mol. The molecule has 4 nitrogen and oxygen atoms in total. The zero-order valence-electron chi connectivity index (χ0n) is 11.3. The van der Waals surface area contributed by atoms with Crippen LogP contribution in [0.5, 0.6) is 0 Å². The fourth-order valence-corrected chi connectivity index (χ4v) is 1.98. The molecule has 21 heavy (non-hydrogen) atoms. The number of aromatic nitrogens is 2. The van der Waals surface area contributed by atoms with E-state index in [9.17, 15) is 18.0 Å². The number of alkyl halides is 3. The van der Waals surface area contributed by atoms with Crippen LogP contribution in [0.1, 0.15) is 28.5 Å². The average Bonchev–Trinajstić information content (AvgIpc) is 2.84. The van der Waals surface area contributed by atoms with Crippen molar-refractivity contribution in [1.82, 2.24) is 15.1 Å². The van der Waals surface area contributed by atoms with Gasteiger partial charge in [-0.05, 0) is 12.5 Å². The van der Waals surface area contributed by atoms with Gasteiger partial charge in [-0.1, -0.05) is 30.3 Å². The maximum Gasteiger partial charge on any atom is 0.433 e. The molecule has 0 atom stereocenters. The molecule has 0 spiro atoms. The number of benzene rings is 1. The van der Waals surface area contributed by atoms with Gasteiger partial charge in [-0.2, -0.15) is 18.3 Å². The molecule has 0 unspecified atom stereocenters. The summed E-state index contributed by atoms with van der Waals surface area (Å²) in [4.78, 5) is 11.7. The van der Waals surface area contributed by atoms with Crippen LogP contribution in [0.3, 0.4) is 0 Å². The minimum absolute atomic E-state index is 0.0465. The molecule has 0 saturated heterocycles. The van der Waals surface area contributed by atoms with Gasteiger partial charge in [0, 0.05) is 6.54 Å². The fraction of sp³-hybridized carbons (Fsp3) is 0.286. The summed E-state index contributed by atoms with van der Waals surface area (Å²) in [7, 11) is 0. The van der Waals surface area contributed by atoms with E-state index in [1.165, 1.54) is 0 Å². The Kier molecular flexibility index (Phi) is 4.30. The molecule has 0 saturated carbocycles. The number of nitrogens with one attached hydrogen (secondary N) is 1. The molecule has 1 amide bonds. The first-order chi connectivity index (χ1) is 9.93. The summed E-state index contributed by atoms with van der Waals surface area (Å²) in [5, 5.41) is 6.08. The van der Waals surface area contributed by atoms with Gasteiger partial charge in [0.15, 0.2) is 5.69 Å². The number of hydrogen-bond donors (Lipinski definition) is 1. The quantitative estimate of drug-likeness (QED) is 0.943. The molecule has 0 aliphatic carbocycles. The van der Waals surface area contributed by atoms with E-state index in [-0.39, 0.29) is 13.1 Å². The highest BCUT2D eigenvalue weighted by Gasteiger charge is 2.39. The van der Waals surface area contributed by atoms with Crippen molar-refractivity contribution >= 4 is 5.91 Å². The van der Waals surface area contributed by atoms with Crippen LogP contribution in [0.15, 0.2) is 36.5 Å². The predicted octanol–water partition coefficient (Wildman–Crippen LogP) is 2.70. The molecule has 0 fully saturated rings. The number of carbonyl (C=O) groups is 1. The third-order valence-corrected chi connectivity index (χ3v) is 2.87. The topological polar surface area (TPSA) is 46.9 Å². The van der Waals surface area contributed by atoms with E-state index < -0.39 is 23.3 Å².